The van der Waals surface area contributed by atoms with Gasteiger partial charge in [-0.2, -0.15) is 4.58 Å². The zero-order chi connectivity index (χ0) is 12.1. The molecule has 0 saturated heterocycles. The van der Waals surface area contributed by atoms with Gasteiger partial charge in [-0.25, -0.2) is 0 Å². The molecule has 1 aromatic rings. The summed E-state index contributed by atoms with van der Waals surface area (Å²) in [5, 5.41) is 11.1. The Hall–Kier alpha value is -2.03. The van der Waals surface area contributed by atoms with Gasteiger partial charge in [-0.05, 0) is 12.5 Å². The third-order valence-electron chi connectivity index (χ3n) is 2.59. The summed E-state index contributed by atoms with van der Waals surface area (Å²) in [5.74, 6) is 0.844. The molecule has 0 bridgehead atoms. The number of hydrogen-bond acceptors (Lipinski definition) is 2. The minimum absolute atomic E-state index is 0.0420. The molecule has 0 aliphatic carbocycles. The Labute approximate surface area is 101 Å². The van der Waals surface area contributed by atoms with Crippen molar-refractivity contribution in [1.29, 1.82) is 0 Å². The maximum absolute atomic E-state index is 11.1. The summed E-state index contributed by atoms with van der Waals surface area (Å²) in [6.45, 7) is 4.42. The normalized spacial score (nSPS) is 18.0. The molecule has 3 heteroatoms. The van der Waals surface area contributed by atoms with Crippen LogP contribution in [0.2, 0.25) is 0 Å². The Kier molecular flexibility index (Phi) is 3.60. The van der Waals surface area contributed by atoms with Gasteiger partial charge >= 0.3 is 5.90 Å². The van der Waals surface area contributed by atoms with Crippen LogP contribution in [0.15, 0.2) is 55.0 Å². The average molecular weight is 229 g/mol. The van der Waals surface area contributed by atoms with E-state index in [1.54, 1.807) is 0 Å². The smallest absolute Gasteiger partial charge is 0.347 e. The molecule has 88 valence electrons. The van der Waals surface area contributed by atoms with Gasteiger partial charge in [0.25, 0.3) is 0 Å². The Balaban J connectivity index is 2.35. The third kappa shape index (κ3) is 2.75. The molecule has 17 heavy (non-hydrogen) atoms. The molecule has 1 aliphatic heterocycles. The fraction of sp³-hybridized carbons (Fsp3) is 0.214. The molecule has 0 fully saturated rings. The number of para-hydroxylation sites is 1. The monoisotopic (exact) mass is 229 g/mol. The number of nitrogens with zero attached hydrogens (tertiary/aromatic N) is 1. The van der Waals surface area contributed by atoms with E-state index in [1.807, 2.05) is 41.0 Å². The van der Waals surface area contributed by atoms with Crippen LogP contribution in [0.25, 0.3) is 0 Å². The second-order valence-electron chi connectivity index (χ2n) is 3.83. The molecule has 0 amide bonds. The Morgan fingerprint density at radius 3 is 2.65 bits per heavy atom. The summed E-state index contributed by atoms with van der Waals surface area (Å²) in [7, 11) is 0. The van der Waals surface area contributed by atoms with Crippen molar-refractivity contribution < 1.29 is 14.4 Å². The van der Waals surface area contributed by atoms with Gasteiger partial charge in [0.15, 0.2) is 6.54 Å². The Morgan fingerprint density at radius 2 is 2.06 bits per heavy atom. The van der Waals surface area contributed by atoms with E-state index in [2.05, 4.69) is 6.58 Å². The molecule has 1 heterocycles. The van der Waals surface area contributed by atoms with Crippen LogP contribution in [0.5, 0.6) is 0 Å². The van der Waals surface area contributed by atoms with E-state index in [1.165, 1.54) is 6.26 Å². The molecule has 0 aromatic heterocycles. The van der Waals surface area contributed by atoms with Crippen LogP contribution in [-0.4, -0.2) is 17.0 Å². The van der Waals surface area contributed by atoms with Gasteiger partial charge in [0.05, 0.1) is 12.7 Å². The summed E-state index contributed by atoms with van der Waals surface area (Å²) in [4.78, 5) is 0. The SMILES string of the molecule is C=CC[N+](=C1CCC([O-])=CO1)c1ccccc1. The molecule has 0 saturated carbocycles. The topological polar surface area (TPSA) is 35.3 Å². The van der Waals surface area contributed by atoms with Crippen LogP contribution >= 0.6 is 0 Å². The van der Waals surface area contributed by atoms with Gasteiger partial charge in [-0.1, -0.05) is 30.5 Å². The van der Waals surface area contributed by atoms with Crippen molar-refractivity contribution in [3.8, 4) is 0 Å². The van der Waals surface area contributed by atoms with E-state index < -0.39 is 0 Å². The summed E-state index contributed by atoms with van der Waals surface area (Å²) >= 11 is 0. The fourth-order valence-electron chi connectivity index (χ4n) is 1.77. The van der Waals surface area contributed by atoms with E-state index in [4.69, 9.17) is 4.74 Å². The highest BCUT2D eigenvalue weighted by Gasteiger charge is 2.19. The van der Waals surface area contributed by atoms with Crippen molar-refractivity contribution in [3.05, 3.63) is 55.0 Å². The largest absolute Gasteiger partial charge is 0.873 e. The average Bonchev–Trinajstić information content (AvgIpc) is 2.38. The minimum atomic E-state index is 0.0420. The lowest BCUT2D eigenvalue weighted by molar-refractivity contribution is -0.440. The first-order valence-electron chi connectivity index (χ1n) is 5.63. The molecule has 0 N–H and O–H groups in total. The number of rotatable bonds is 3. The summed E-state index contributed by atoms with van der Waals surface area (Å²) in [6.07, 6.45) is 4.26. The molecule has 3 nitrogen and oxygen atoms in total. The molecule has 0 unspecified atom stereocenters. The van der Waals surface area contributed by atoms with E-state index in [9.17, 15) is 5.11 Å². The van der Waals surface area contributed by atoms with Crippen molar-refractivity contribution in [2.75, 3.05) is 6.54 Å². The predicted octanol–water partition coefficient (Wildman–Crippen LogP) is 1.93. The molecular formula is C14H15NO2. The lowest BCUT2D eigenvalue weighted by atomic mass is 10.2. The van der Waals surface area contributed by atoms with E-state index in [-0.39, 0.29) is 5.76 Å². The van der Waals surface area contributed by atoms with Crippen molar-refractivity contribution in [3.63, 3.8) is 0 Å². The number of ether oxygens (including phenoxy) is 1. The Morgan fingerprint density at radius 1 is 1.29 bits per heavy atom. The molecule has 2 rings (SSSR count). The zero-order valence-corrected chi connectivity index (χ0v) is 9.63. The van der Waals surface area contributed by atoms with Crippen LogP contribution in [0.3, 0.4) is 0 Å². The van der Waals surface area contributed by atoms with Crippen molar-refractivity contribution in [2.24, 2.45) is 0 Å². The van der Waals surface area contributed by atoms with E-state index in [0.717, 1.165) is 11.6 Å². The highest BCUT2D eigenvalue weighted by atomic mass is 16.5. The Bertz CT molecular complexity index is 460. The van der Waals surface area contributed by atoms with Crippen LogP contribution in [0, 0.1) is 0 Å². The van der Waals surface area contributed by atoms with E-state index in [0.29, 0.717) is 19.4 Å². The van der Waals surface area contributed by atoms with Crippen LogP contribution in [-0.2, 0) is 4.74 Å². The van der Waals surface area contributed by atoms with Crippen molar-refractivity contribution in [1.82, 2.24) is 0 Å². The van der Waals surface area contributed by atoms with E-state index >= 15 is 0 Å². The second-order valence-corrected chi connectivity index (χ2v) is 3.83. The zero-order valence-electron chi connectivity index (χ0n) is 9.63. The standard InChI is InChI=1S/C14H15NO2/c1-2-10-15(12-6-4-3-5-7-12)14-9-8-13(16)11-17-14/h2-7,11H,1,8-10H2. The van der Waals surface area contributed by atoms with Gasteiger partial charge in [0.2, 0.25) is 5.69 Å². The van der Waals surface area contributed by atoms with Gasteiger partial charge in [-0.3, -0.25) is 0 Å². The summed E-state index contributed by atoms with van der Waals surface area (Å²) < 4.78 is 7.40. The fourth-order valence-corrected chi connectivity index (χ4v) is 1.77. The van der Waals surface area contributed by atoms with Gasteiger partial charge < -0.3 is 9.84 Å². The predicted molar refractivity (Wildman–Crippen MR) is 64.8 cm³/mol. The van der Waals surface area contributed by atoms with Gasteiger partial charge in [0.1, 0.15) is 0 Å². The molecule has 1 aromatic carbocycles. The maximum Gasteiger partial charge on any atom is 0.347 e. The number of allylic oxidation sites excluding steroid dienone is 1. The highest BCUT2D eigenvalue weighted by molar-refractivity contribution is 5.74. The van der Waals surface area contributed by atoms with Crippen LogP contribution in [0.4, 0.5) is 5.69 Å². The van der Waals surface area contributed by atoms with Crippen LogP contribution in [0.1, 0.15) is 12.8 Å². The lowest BCUT2D eigenvalue weighted by Gasteiger charge is -2.17. The van der Waals surface area contributed by atoms with Crippen molar-refractivity contribution in [2.45, 2.75) is 12.8 Å². The molecule has 0 spiro atoms. The maximum atomic E-state index is 11.1. The van der Waals surface area contributed by atoms with Crippen LogP contribution < -0.4 is 5.11 Å². The quantitative estimate of drug-likeness (QED) is 0.586. The molecule has 1 aliphatic rings. The highest BCUT2D eigenvalue weighted by Crippen LogP contribution is 2.16. The minimum Gasteiger partial charge on any atom is -0.873 e. The molecule has 0 atom stereocenters. The molecular weight excluding hydrogens is 214 g/mol. The van der Waals surface area contributed by atoms with Crippen molar-refractivity contribution >= 4 is 11.6 Å². The number of benzene rings is 1. The van der Waals surface area contributed by atoms with Gasteiger partial charge in [0, 0.05) is 12.1 Å². The summed E-state index contributed by atoms with van der Waals surface area (Å²) in [6, 6.07) is 9.94. The second kappa shape index (κ2) is 5.34. The third-order valence-corrected chi connectivity index (χ3v) is 2.59. The first kappa shape index (κ1) is 11.5. The first-order valence-corrected chi connectivity index (χ1v) is 5.63. The number of hydrogen-bond donors (Lipinski definition) is 0. The van der Waals surface area contributed by atoms with Gasteiger partial charge in [-0.15, -0.1) is 0 Å². The molecule has 0 radical (unpaired) electrons. The lowest BCUT2D eigenvalue weighted by Crippen LogP contribution is -2.23. The first-order chi connectivity index (χ1) is 8.31. The summed E-state index contributed by atoms with van der Waals surface area (Å²) in [5.41, 5.74) is 1.05.